The predicted molar refractivity (Wildman–Crippen MR) is 153 cm³/mol. The third-order valence-electron chi connectivity index (χ3n) is 6.95. The lowest BCUT2D eigenvalue weighted by atomic mass is 9.92. The van der Waals surface area contributed by atoms with E-state index in [0.29, 0.717) is 29.5 Å². The first-order valence-electron chi connectivity index (χ1n) is 13.8. The van der Waals surface area contributed by atoms with Crippen molar-refractivity contribution < 1.29 is 23.8 Å². The Hall–Kier alpha value is -4.47. The van der Waals surface area contributed by atoms with Gasteiger partial charge in [0, 0.05) is 31.6 Å². The second-order valence-electron chi connectivity index (χ2n) is 10.0. The molecule has 0 aliphatic carbocycles. The van der Waals surface area contributed by atoms with Crippen molar-refractivity contribution in [1.29, 1.82) is 0 Å². The molecule has 41 heavy (non-hydrogen) atoms. The third-order valence-corrected chi connectivity index (χ3v) is 6.95. The van der Waals surface area contributed by atoms with Crippen molar-refractivity contribution in [1.82, 2.24) is 25.5 Å². The van der Waals surface area contributed by atoms with Crippen LogP contribution in [-0.2, 0) is 11.2 Å². The number of nitrogens with one attached hydrogen (secondary N) is 1. The van der Waals surface area contributed by atoms with Gasteiger partial charge in [-0.05, 0) is 76.7 Å². The third kappa shape index (κ3) is 8.03. The number of amides is 1. The maximum absolute atomic E-state index is 13.3. The number of nitrogens with zero attached hydrogens (tertiary/aromatic N) is 4. The number of carbonyl (C=O) groups excluding carboxylic acids is 1. The number of aromatic nitrogens is 4. The Morgan fingerprint density at radius 3 is 2.44 bits per heavy atom. The summed E-state index contributed by atoms with van der Waals surface area (Å²) in [5, 5.41) is 25.1. The highest BCUT2D eigenvalue weighted by Gasteiger charge is 2.18. The molecule has 1 atom stereocenters. The maximum Gasteiger partial charge on any atom is 0.259 e. The summed E-state index contributed by atoms with van der Waals surface area (Å²) in [5.41, 5.74) is 3.45. The van der Waals surface area contributed by atoms with Crippen molar-refractivity contribution in [3.63, 3.8) is 0 Å². The van der Waals surface area contributed by atoms with E-state index in [-0.39, 0.29) is 30.0 Å². The van der Waals surface area contributed by atoms with Crippen molar-refractivity contribution in [3.8, 4) is 28.4 Å². The molecule has 0 bridgehead atoms. The Balaban J connectivity index is 1.29. The molecule has 4 rings (SSSR count). The fraction of sp³-hybridized carbons (Fsp3) is 0.355. The molecular weight excluding hydrogens is 525 g/mol. The van der Waals surface area contributed by atoms with E-state index in [0.717, 1.165) is 48.8 Å². The number of aromatic amines is 1. The highest BCUT2D eigenvalue weighted by atomic mass is 19.1. The van der Waals surface area contributed by atoms with Crippen LogP contribution in [0.2, 0.25) is 0 Å². The highest BCUT2D eigenvalue weighted by molar-refractivity contribution is 5.77. The van der Waals surface area contributed by atoms with Gasteiger partial charge in [-0.15, -0.1) is 5.10 Å². The smallest absolute Gasteiger partial charge is 0.259 e. The first-order chi connectivity index (χ1) is 19.9. The number of H-pyrrole nitrogens is 1. The van der Waals surface area contributed by atoms with E-state index in [1.165, 1.54) is 17.0 Å². The number of phenols is 1. The Bertz CT molecular complexity index is 1390. The fourth-order valence-corrected chi connectivity index (χ4v) is 4.54. The number of aromatic hydroxyl groups is 1. The van der Waals surface area contributed by atoms with Crippen molar-refractivity contribution >= 4 is 5.91 Å². The van der Waals surface area contributed by atoms with E-state index in [1.807, 2.05) is 37.3 Å². The number of unbranched alkanes of at least 4 members (excludes halogenated alkanes) is 2. The molecule has 0 radical (unpaired) electrons. The van der Waals surface area contributed by atoms with Crippen LogP contribution in [0.25, 0.3) is 11.1 Å². The lowest BCUT2D eigenvalue weighted by molar-refractivity contribution is -0.130. The summed E-state index contributed by atoms with van der Waals surface area (Å²) in [5.74, 6) is 1.66. The molecule has 2 N–H and O–H groups in total. The summed E-state index contributed by atoms with van der Waals surface area (Å²) in [6.07, 6.45) is 4.29. The summed E-state index contributed by atoms with van der Waals surface area (Å²) < 4.78 is 25.0. The molecule has 9 nitrogen and oxygen atoms in total. The molecule has 0 spiro atoms. The van der Waals surface area contributed by atoms with Crippen molar-refractivity contribution in [2.45, 2.75) is 44.9 Å². The number of likely N-dealkylation sites (N-methyl/N-ethyl adjacent to an activating group) is 1. The minimum Gasteiger partial charge on any atom is -0.507 e. The number of benzene rings is 3. The van der Waals surface area contributed by atoms with Gasteiger partial charge in [-0.3, -0.25) is 4.79 Å². The minimum atomic E-state index is -0.315. The molecule has 0 saturated heterocycles. The van der Waals surface area contributed by atoms with Crippen molar-refractivity contribution in [2.24, 2.45) is 0 Å². The van der Waals surface area contributed by atoms with Gasteiger partial charge in [-0.2, -0.15) is 0 Å². The molecule has 4 aromatic rings. The largest absolute Gasteiger partial charge is 0.507 e. The molecule has 10 heteroatoms. The highest BCUT2D eigenvalue weighted by Crippen LogP contribution is 2.36. The minimum absolute atomic E-state index is 0.00831. The molecule has 1 aromatic heterocycles. The van der Waals surface area contributed by atoms with E-state index in [9.17, 15) is 14.3 Å². The van der Waals surface area contributed by atoms with Crippen LogP contribution in [0.5, 0.6) is 17.2 Å². The lowest BCUT2D eigenvalue weighted by Crippen LogP contribution is -2.27. The van der Waals surface area contributed by atoms with Crippen LogP contribution in [-0.4, -0.2) is 63.8 Å². The summed E-state index contributed by atoms with van der Waals surface area (Å²) in [7, 11) is 3.39. The number of phenolic OH excluding ortho intramolecular Hbond substituents is 1. The second kappa shape index (κ2) is 14.2. The molecule has 3 aromatic carbocycles. The average molecular weight is 562 g/mol. The standard InChI is InChI=1S/C31H36FN5O4/c1-4-21-18-27(23-9-13-24(32)14-10-23)28(38)19-29(21)40-17-7-5-6-8-26(31-33-35-36-34-31)22-11-15-25(16-12-22)41-20-30(39)37(2)3/h9-16,18-19,26,38H,4-8,17,20H2,1-3H3,(H,33,34,35,36). The summed E-state index contributed by atoms with van der Waals surface area (Å²) in [6.45, 7) is 2.55. The van der Waals surface area contributed by atoms with Crippen LogP contribution in [0, 0.1) is 5.82 Å². The number of carbonyl (C=O) groups is 1. The quantitative estimate of drug-likeness (QED) is 0.195. The average Bonchev–Trinajstić information content (AvgIpc) is 3.51. The molecule has 1 amide bonds. The van der Waals surface area contributed by atoms with Gasteiger partial charge in [-0.25, -0.2) is 9.49 Å². The molecule has 0 fully saturated rings. The topological polar surface area (TPSA) is 113 Å². The van der Waals surface area contributed by atoms with E-state index in [2.05, 4.69) is 20.6 Å². The van der Waals surface area contributed by atoms with Gasteiger partial charge in [0.15, 0.2) is 12.4 Å². The number of ether oxygens (including phenoxy) is 2. The number of halogens is 1. The van der Waals surface area contributed by atoms with Gasteiger partial charge in [0.05, 0.1) is 6.61 Å². The zero-order chi connectivity index (χ0) is 29.2. The zero-order valence-corrected chi connectivity index (χ0v) is 23.6. The van der Waals surface area contributed by atoms with Crippen LogP contribution in [0.3, 0.4) is 0 Å². The Labute approximate surface area is 239 Å². The molecule has 1 heterocycles. The fourth-order valence-electron chi connectivity index (χ4n) is 4.54. The summed E-state index contributed by atoms with van der Waals surface area (Å²) >= 11 is 0. The van der Waals surface area contributed by atoms with Crippen LogP contribution in [0.4, 0.5) is 4.39 Å². The Morgan fingerprint density at radius 2 is 1.78 bits per heavy atom. The molecular formula is C31H36FN5O4. The SMILES string of the molecule is CCc1cc(-c2ccc(F)cc2)c(O)cc1OCCCCCC(c1ccc(OCC(=O)N(C)C)cc1)c1nnn[nH]1. The van der Waals surface area contributed by atoms with E-state index >= 15 is 0 Å². The monoisotopic (exact) mass is 561 g/mol. The number of hydrogen-bond donors (Lipinski definition) is 2. The molecule has 0 aliphatic heterocycles. The number of tetrazole rings is 1. The van der Waals surface area contributed by atoms with E-state index in [4.69, 9.17) is 9.47 Å². The summed E-state index contributed by atoms with van der Waals surface area (Å²) in [6, 6.07) is 17.3. The van der Waals surface area contributed by atoms with Gasteiger partial charge in [-0.1, -0.05) is 44.0 Å². The van der Waals surface area contributed by atoms with Gasteiger partial charge in [0.1, 0.15) is 23.1 Å². The predicted octanol–water partition coefficient (Wildman–Crippen LogP) is 5.51. The van der Waals surface area contributed by atoms with Crippen LogP contribution < -0.4 is 9.47 Å². The molecule has 0 aliphatic rings. The van der Waals surface area contributed by atoms with Gasteiger partial charge in [0.25, 0.3) is 5.91 Å². The molecule has 0 saturated carbocycles. The maximum atomic E-state index is 13.3. The van der Waals surface area contributed by atoms with Crippen LogP contribution in [0.1, 0.15) is 55.5 Å². The number of hydrogen-bond acceptors (Lipinski definition) is 7. The lowest BCUT2D eigenvalue weighted by Gasteiger charge is -2.16. The molecule has 1 unspecified atom stereocenters. The van der Waals surface area contributed by atoms with Gasteiger partial charge < -0.3 is 19.5 Å². The Kier molecular flexibility index (Phi) is 10.3. The zero-order valence-electron chi connectivity index (χ0n) is 23.6. The van der Waals surface area contributed by atoms with Gasteiger partial charge in [0.2, 0.25) is 0 Å². The first kappa shape index (κ1) is 29.5. The normalized spacial score (nSPS) is 11.7. The first-order valence-corrected chi connectivity index (χ1v) is 13.8. The number of aryl methyl sites for hydroxylation is 1. The van der Waals surface area contributed by atoms with E-state index in [1.54, 1.807) is 32.3 Å². The Morgan fingerprint density at radius 1 is 1.02 bits per heavy atom. The van der Waals surface area contributed by atoms with Crippen LogP contribution >= 0.6 is 0 Å². The van der Waals surface area contributed by atoms with Gasteiger partial charge >= 0.3 is 0 Å². The summed E-state index contributed by atoms with van der Waals surface area (Å²) in [4.78, 5) is 13.3. The molecule has 216 valence electrons. The van der Waals surface area contributed by atoms with Crippen LogP contribution in [0.15, 0.2) is 60.7 Å². The second-order valence-corrected chi connectivity index (χ2v) is 10.0. The van der Waals surface area contributed by atoms with E-state index < -0.39 is 0 Å². The van der Waals surface area contributed by atoms with Crippen molar-refractivity contribution in [3.05, 3.63) is 83.4 Å². The van der Waals surface area contributed by atoms with Crippen molar-refractivity contribution in [2.75, 3.05) is 27.3 Å². The number of rotatable bonds is 14.